The molecular weight excluding hydrogens is 404 g/mol. The normalized spacial score (nSPS) is 22.8. The van der Waals surface area contributed by atoms with Gasteiger partial charge in [-0.1, -0.05) is 12.1 Å². The fourth-order valence-corrected chi connectivity index (χ4v) is 3.07. The molecule has 2 atom stereocenters. The van der Waals surface area contributed by atoms with Gasteiger partial charge in [0.25, 0.3) is 0 Å². The Bertz CT molecular complexity index is 935. The second-order valence-corrected chi connectivity index (χ2v) is 7.11. The van der Waals surface area contributed by atoms with E-state index in [-0.39, 0.29) is 32.2 Å². The highest BCUT2D eigenvalue weighted by Gasteiger charge is 2.41. The molecule has 1 saturated heterocycles. The SMILES string of the molecule is O=C1OCCCOC(=O)c2ccc(cc2)C2OC2OCCCOC(=O)c2ccc1cc2. The average molecular weight is 426 g/mol. The van der Waals surface area contributed by atoms with Crippen LogP contribution in [0.15, 0.2) is 48.5 Å². The highest BCUT2D eigenvalue weighted by molar-refractivity contribution is 5.93. The lowest BCUT2D eigenvalue weighted by Crippen LogP contribution is -2.12. The van der Waals surface area contributed by atoms with Crippen molar-refractivity contribution in [2.75, 3.05) is 26.4 Å². The molecule has 0 spiro atoms. The summed E-state index contributed by atoms with van der Waals surface area (Å²) in [5.74, 6) is -1.43. The maximum absolute atomic E-state index is 12.1. The third-order valence-corrected chi connectivity index (χ3v) is 4.84. The summed E-state index contributed by atoms with van der Waals surface area (Å²) in [5, 5.41) is 0. The zero-order valence-corrected chi connectivity index (χ0v) is 16.8. The minimum Gasteiger partial charge on any atom is -0.462 e. The third-order valence-electron chi connectivity index (χ3n) is 4.84. The van der Waals surface area contributed by atoms with Crippen LogP contribution in [0.5, 0.6) is 0 Å². The van der Waals surface area contributed by atoms with E-state index in [0.717, 1.165) is 5.56 Å². The van der Waals surface area contributed by atoms with Crippen molar-refractivity contribution in [2.45, 2.75) is 25.2 Å². The van der Waals surface area contributed by atoms with Gasteiger partial charge in [-0.15, -0.1) is 0 Å². The zero-order chi connectivity index (χ0) is 21.6. The Morgan fingerprint density at radius 3 is 1.48 bits per heavy atom. The summed E-state index contributed by atoms with van der Waals surface area (Å²) in [4.78, 5) is 36.3. The van der Waals surface area contributed by atoms with Crippen LogP contribution in [0.2, 0.25) is 0 Å². The smallest absolute Gasteiger partial charge is 0.338 e. The van der Waals surface area contributed by atoms with Gasteiger partial charge in [-0.05, 0) is 42.0 Å². The first-order chi connectivity index (χ1) is 15.1. The molecule has 8 heteroatoms. The predicted octanol–water partition coefficient (Wildman–Crippen LogP) is 3.07. The quantitative estimate of drug-likeness (QED) is 0.360. The first-order valence-corrected chi connectivity index (χ1v) is 10.1. The molecule has 31 heavy (non-hydrogen) atoms. The predicted molar refractivity (Wildman–Crippen MR) is 107 cm³/mol. The Morgan fingerprint density at radius 2 is 1.00 bits per heavy atom. The molecule has 0 radical (unpaired) electrons. The lowest BCUT2D eigenvalue weighted by Gasteiger charge is -2.07. The molecule has 1 fully saturated rings. The first kappa shape index (κ1) is 21.0. The van der Waals surface area contributed by atoms with Crippen molar-refractivity contribution in [3.8, 4) is 0 Å². The Hall–Kier alpha value is -3.23. The van der Waals surface area contributed by atoms with Gasteiger partial charge in [0.05, 0.1) is 43.1 Å². The number of epoxide rings is 1. The minimum atomic E-state index is -0.516. The van der Waals surface area contributed by atoms with Gasteiger partial charge in [0, 0.05) is 12.8 Å². The van der Waals surface area contributed by atoms with Gasteiger partial charge in [-0.3, -0.25) is 0 Å². The molecule has 5 heterocycles. The highest BCUT2D eigenvalue weighted by atomic mass is 16.8. The summed E-state index contributed by atoms with van der Waals surface area (Å²) in [6.07, 6.45) is 0.366. The molecule has 0 saturated carbocycles. The molecule has 5 aliphatic heterocycles. The maximum Gasteiger partial charge on any atom is 0.338 e. The van der Waals surface area contributed by atoms with Crippen LogP contribution < -0.4 is 0 Å². The number of hydrogen-bond donors (Lipinski definition) is 0. The fourth-order valence-electron chi connectivity index (χ4n) is 3.07. The molecule has 7 rings (SSSR count). The lowest BCUT2D eigenvalue weighted by atomic mass is 10.1. The number of benzene rings is 2. The van der Waals surface area contributed by atoms with E-state index in [2.05, 4.69) is 0 Å². The van der Waals surface area contributed by atoms with Gasteiger partial charge in [-0.25, -0.2) is 14.4 Å². The van der Waals surface area contributed by atoms with Crippen LogP contribution in [0, 0.1) is 0 Å². The van der Waals surface area contributed by atoms with Gasteiger partial charge < -0.3 is 23.7 Å². The number of carbonyl (C=O) groups is 3. The molecule has 2 unspecified atom stereocenters. The van der Waals surface area contributed by atoms with Crippen molar-refractivity contribution in [3.05, 3.63) is 70.8 Å². The van der Waals surface area contributed by atoms with E-state index in [1.807, 2.05) is 0 Å². The summed E-state index contributed by atoms with van der Waals surface area (Å²) < 4.78 is 26.8. The van der Waals surface area contributed by atoms with Crippen molar-refractivity contribution in [1.82, 2.24) is 0 Å². The molecule has 8 nitrogen and oxygen atoms in total. The molecule has 162 valence electrons. The second kappa shape index (κ2) is 9.72. The topological polar surface area (TPSA) is 101 Å². The minimum absolute atomic E-state index is 0.106. The molecule has 0 aliphatic carbocycles. The molecule has 0 aromatic heterocycles. The van der Waals surface area contributed by atoms with E-state index in [1.54, 1.807) is 24.3 Å². The van der Waals surface area contributed by atoms with Gasteiger partial charge in [0.1, 0.15) is 6.10 Å². The van der Waals surface area contributed by atoms with Crippen LogP contribution in [0.25, 0.3) is 0 Å². The van der Waals surface area contributed by atoms with E-state index in [9.17, 15) is 14.4 Å². The fraction of sp³-hybridized carbons (Fsp3) is 0.348. The number of carbonyl (C=O) groups excluding carboxylic acids is 3. The largest absolute Gasteiger partial charge is 0.462 e. The van der Waals surface area contributed by atoms with E-state index in [0.29, 0.717) is 36.1 Å². The van der Waals surface area contributed by atoms with Crippen molar-refractivity contribution in [3.63, 3.8) is 0 Å². The van der Waals surface area contributed by atoms with E-state index in [4.69, 9.17) is 23.7 Å². The Kier molecular flexibility index (Phi) is 6.59. The van der Waals surface area contributed by atoms with Crippen LogP contribution in [0.1, 0.15) is 55.6 Å². The molecular formula is C23H22O8. The Morgan fingerprint density at radius 1 is 0.581 bits per heavy atom. The first-order valence-electron chi connectivity index (χ1n) is 10.1. The molecule has 0 amide bonds. The molecule has 5 aliphatic rings. The van der Waals surface area contributed by atoms with Crippen LogP contribution >= 0.6 is 0 Å². The van der Waals surface area contributed by atoms with Gasteiger partial charge in [0.2, 0.25) is 0 Å². The van der Waals surface area contributed by atoms with Crippen LogP contribution in [0.3, 0.4) is 0 Å². The van der Waals surface area contributed by atoms with E-state index >= 15 is 0 Å². The van der Waals surface area contributed by atoms with Crippen molar-refractivity contribution in [2.24, 2.45) is 0 Å². The Labute approximate surface area is 179 Å². The lowest BCUT2D eigenvalue weighted by molar-refractivity contribution is 0.0280. The third kappa shape index (κ3) is 5.48. The summed E-state index contributed by atoms with van der Waals surface area (Å²) in [6, 6.07) is 13.0. The summed E-state index contributed by atoms with van der Waals surface area (Å²) >= 11 is 0. The second-order valence-electron chi connectivity index (χ2n) is 7.11. The standard InChI is InChI=1S/C23H22O8/c24-20-16-5-3-15(4-6-16)19-23(31-19)30-14-2-13-29-22(26)18-9-7-17(8-10-18)21(25)28-12-1-11-27-20/h3-10,19,23H,1-2,11-14H2. The van der Waals surface area contributed by atoms with Gasteiger partial charge in [-0.2, -0.15) is 0 Å². The summed E-state index contributed by atoms with van der Waals surface area (Å²) in [6.45, 7) is 0.815. The van der Waals surface area contributed by atoms with Crippen molar-refractivity contribution in [1.29, 1.82) is 0 Å². The average Bonchev–Trinajstić information content (AvgIpc) is 3.57. The summed E-state index contributed by atoms with van der Waals surface area (Å²) in [7, 11) is 0. The monoisotopic (exact) mass is 426 g/mol. The van der Waals surface area contributed by atoms with Crippen LogP contribution in [0.4, 0.5) is 0 Å². The van der Waals surface area contributed by atoms with E-state index < -0.39 is 17.9 Å². The Balaban J connectivity index is 1.39. The van der Waals surface area contributed by atoms with Crippen molar-refractivity contribution >= 4 is 17.9 Å². The van der Waals surface area contributed by atoms with Crippen molar-refractivity contribution < 1.29 is 38.1 Å². The number of hydrogen-bond acceptors (Lipinski definition) is 8. The zero-order valence-electron chi connectivity index (χ0n) is 16.8. The summed E-state index contributed by atoms with van der Waals surface area (Å²) in [5.41, 5.74) is 2.00. The number of ether oxygens (including phenoxy) is 5. The van der Waals surface area contributed by atoms with Crippen LogP contribution in [-0.2, 0) is 23.7 Å². The number of esters is 3. The molecule has 2 aromatic rings. The van der Waals surface area contributed by atoms with Gasteiger partial charge >= 0.3 is 17.9 Å². The molecule has 4 bridgehead atoms. The molecule has 2 aromatic carbocycles. The maximum atomic E-state index is 12.1. The number of rotatable bonds is 0. The van der Waals surface area contributed by atoms with Crippen LogP contribution in [-0.4, -0.2) is 50.6 Å². The van der Waals surface area contributed by atoms with E-state index in [1.165, 1.54) is 24.3 Å². The highest BCUT2D eigenvalue weighted by Crippen LogP contribution is 2.39. The van der Waals surface area contributed by atoms with Gasteiger partial charge in [0.15, 0.2) is 6.29 Å². The molecule has 0 N–H and O–H groups in total.